The lowest BCUT2D eigenvalue weighted by Gasteiger charge is -2.20. The van der Waals surface area contributed by atoms with Crippen LogP contribution in [0.1, 0.15) is 55.3 Å². The van der Waals surface area contributed by atoms with Crippen LogP contribution in [0.2, 0.25) is 0 Å². The first kappa shape index (κ1) is 17.8. The molecule has 5 nitrogen and oxygen atoms in total. The van der Waals surface area contributed by atoms with E-state index in [1.54, 1.807) is 0 Å². The highest BCUT2D eigenvalue weighted by molar-refractivity contribution is 8.01. The molecule has 1 heterocycles. The second-order valence-corrected chi connectivity index (χ2v) is 9.30. The summed E-state index contributed by atoms with van der Waals surface area (Å²) < 4.78 is 0.838. The highest BCUT2D eigenvalue weighted by Gasteiger charge is 2.22. The fourth-order valence-electron chi connectivity index (χ4n) is 3.25. The fourth-order valence-corrected chi connectivity index (χ4v) is 4.89. The Morgan fingerprint density at radius 3 is 2.88 bits per heavy atom. The molecule has 2 N–H and O–H groups in total. The van der Waals surface area contributed by atoms with Gasteiger partial charge in [-0.25, -0.2) is 0 Å². The highest BCUT2D eigenvalue weighted by Crippen LogP contribution is 2.30. The number of thioether (sulfide) groups is 1. The molecule has 1 aromatic heterocycles. The van der Waals surface area contributed by atoms with Crippen molar-refractivity contribution >= 4 is 34.1 Å². The second kappa shape index (κ2) is 7.96. The number of amides is 1. The van der Waals surface area contributed by atoms with Crippen LogP contribution in [0.5, 0.6) is 0 Å². The number of carbonyl (C=O) groups is 1. The average Bonchev–Trinajstić information content (AvgIpc) is 3.35. The third-order valence-electron chi connectivity index (χ3n) is 4.89. The van der Waals surface area contributed by atoms with Crippen molar-refractivity contribution in [1.82, 2.24) is 15.5 Å². The van der Waals surface area contributed by atoms with Crippen LogP contribution < -0.4 is 10.6 Å². The highest BCUT2D eigenvalue weighted by atomic mass is 32.2. The Morgan fingerprint density at radius 2 is 2.08 bits per heavy atom. The maximum atomic E-state index is 12.3. The normalized spacial score (nSPS) is 17.4. The van der Waals surface area contributed by atoms with E-state index < -0.39 is 0 Å². The van der Waals surface area contributed by atoms with Crippen LogP contribution in [-0.2, 0) is 17.6 Å². The molecule has 4 rings (SSSR count). The van der Waals surface area contributed by atoms with Gasteiger partial charge in [-0.3, -0.25) is 4.79 Å². The molecular formula is C19H24N4OS2. The van der Waals surface area contributed by atoms with Gasteiger partial charge in [0, 0.05) is 6.04 Å². The molecule has 1 atom stereocenters. The zero-order chi connectivity index (χ0) is 17.9. The van der Waals surface area contributed by atoms with E-state index in [-0.39, 0.29) is 11.9 Å². The van der Waals surface area contributed by atoms with E-state index in [1.807, 2.05) is 0 Å². The van der Waals surface area contributed by atoms with Crippen LogP contribution >= 0.6 is 23.1 Å². The molecule has 1 saturated carbocycles. The van der Waals surface area contributed by atoms with Gasteiger partial charge < -0.3 is 10.6 Å². The predicted octanol–water partition coefficient (Wildman–Crippen LogP) is 3.96. The predicted molar refractivity (Wildman–Crippen MR) is 107 cm³/mol. The monoisotopic (exact) mass is 388 g/mol. The summed E-state index contributed by atoms with van der Waals surface area (Å²) in [7, 11) is 0. The summed E-state index contributed by atoms with van der Waals surface area (Å²) in [5.41, 5.74) is 4.12. The molecule has 7 heteroatoms. The molecule has 0 radical (unpaired) electrons. The minimum Gasteiger partial charge on any atom is -0.357 e. The molecule has 0 bridgehead atoms. The van der Waals surface area contributed by atoms with E-state index in [1.165, 1.54) is 71.9 Å². The summed E-state index contributed by atoms with van der Waals surface area (Å²) in [6.07, 6.45) is 7.34. The molecule has 2 aliphatic carbocycles. The van der Waals surface area contributed by atoms with Crippen molar-refractivity contribution in [2.75, 3.05) is 11.1 Å². The lowest BCUT2D eigenvalue weighted by Crippen LogP contribution is -2.28. The largest absolute Gasteiger partial charge is 0.357 e. The Bertz CT molecular complexity index is 788. The number of hydrogen-bond donors (Lipinski definition) is 2. The number of rotatable bonds is 7. The van der Waals surface area contributed by atoms with Crippen LogP contribution in [0.3, 0.4) is 0 Å². The van der Waals surface area contributed by atoms with E-state index in [9.17, 15) is 4.79 Å². The SMILES string of the molecule is C[C@H](NC(=O)CSc1nnc(NC2CC2)s1)c1ccc2c(c1)CCCC2. The van der Waals surface area contributed by atoms with E-state index >= 15 is 0 Å². The Labute approximate surface area is 162 Å². The van der Waals surface area contributed by atoms with Gasteiger partial charge in [-0.15, -0.1) is 10.2 Å². The van der Waals surface area contributed by atoms with E-state index in [0.29, 0.717) is 11.8 Å². The summed E-state index contributed by atoms with van der Waals surface area (Å²) in [5, 5.41) is 15.6. The molecule has 1 amide bonds. The standard InChI is InChI=1S/C19H24N4OS2/c1-12(14-7-6-13-4-2-3-5-15(13)10-14)20-17(24)11-25-19-23-22-18(26-19)21-16-8-9-16/h6-7,10,12,16H,2-5,8-9,11H2,1H3,(H,20,24)(H,21,22)/t12-/m0/s1. The number of anilines is 1. The van der Waals surface area contributed by atoms with Crippen LogP contribution in [0.15, 0.2) is 22.5 Å². The third-order valence-corrected chi connectivity index (χ3v) is 6.88. The summed E-state index contributed by atoms with van der Waals surface area (Å²) in [4.78, 5) is 12.3. The number of aryl methyl sites for hydroxylation is 2. The van der Waals surface area contributed by atoms with Gasteiger partial charge in [-0.2, -0.15) is 0 Å². The van der Waals surface area contributed by atoms with Gasteiger partial charge in [0.25, 0.3) is 0 Å². The van der Waals surface area contributed by atoms with E-state index in [2.05, 4.69) is 46.0 Å². The van der Waals surface area contributed by atoms with Crippen LogP contribution in [0, 0.1) is 0 Å². The molecule has 0 saturated heterocycles. The molecule has 0 spiro atoms. The number of fused-ring (bicyclic) bond motifs is 1. The van der Waals surface area contributed by atoms with Gasteiger partial charge in [0.1, 0.15) is 0 Å². The van der Waals surface area contributed by atoms with E-state index in [0.717, 1.165) is 15.9 Å². The third kappa shape index (κ3) is 4.57. The molecule has 1 fully saturated rings. The summed E-state index contributed by atoms with van der Waals surface area (Å²) in [5.74, 6) is 0.403. The zero-order valence-electron chi connectivity index (χ0n) is 15.0. The molecule has 2 aromatic rings. The van der Waals surface area contributed by atoms with Gasteiger partial charge in [0.05, 0.1) is 11.8 Å². The minimum atomic E-state index is 0.0249. The van der Waals surface area contributed by atoms with Crippen molar-refractivity contribution in [3.8, 4) is 0 Å². The average molecular weight is 389 g/mol. The van der Waals surface area contributed by atoms with Gasteiger partial charge in [-0.05, 0) is 62.1 Å². The Kier molecular flexibility index (Phi) is 5.45. The van der Waals surface area contributed by atoms with Crippen molar-refractivity contribution in [2.24, 2.45) is 0 Å². The molecule has 0 unspecified atom stereocenters. The second-order valence-electron chi connectivity index (χ2n) is 7.10. The van der Waals surface area contributed by atoms with E-state index in [4.69, 9.17) is 0 Å². The quantitative estimate of drug-likeness (QED) is 0.703. The van der Waals surface area contributed by atoms with Gasteiger partial charge >= 0.3 is 0 Å². The van der Waals surface area contributed by atoms with Crippen LogP contribution in [0.25, 0.3) is 0 Å². The number of aromatic nitrogens is 2. The zero-order valence-corrected chi connectivity index (χ0v) is 16.6. The summed E-state index contributed by atoms with van der Waals surface area (Å²) in [6.45, 7) is 2.05. The number of carbonyl (C=O) groups excluding carboxylic acids is 1. The molecule has 1 aromatic carbocycles. The number of hydrogen-bond acceptors (Lipinski definition) is 6. The number of nitrogens with one attached hydrogen (secondary N) is 2. The molecule has 2 aliphatic rings. The first-order chi connectivity index (χ1) is 12.7. The van der Waals surface area contributed by atoms with Gasteiger partial charge in [0.15, 0.2) is 4.34 Å². The minimum absolute atomic E-state index is 0.0249. The van der Waals surface area contributed by atoms with Crippen molar-refractivity contribution in [3.05, 3.63) is 34.9 Å². The van der Waals surface area contributed by atoms with Crippen molar-refractivity contribution in [1.29, 1.82) is 0 Å². The first-order valence-electron chi connectivity index (χ1n) is 9.31. The van der Waals surface area contributed by atoms with Gasteiger partial charge in [0.2, 0.25) is 11.0 Å². The summed E-state index contributed by atoms with van der Waals surface area (Å²) in [6, 6.07) is 7.26. The lowest BCUT2D eigenvalue weighted by molar-refractivity contribution is -0.119. The first-order valence-corrected chi connectivity index (χ1v) is 11.1. The Balaban J connectivity index is 1.27. The van der Waals surface area contributed by atoms with Crippen LogP contribution in [0.4, 0.5) is 5.13 Å². The Morgan fingerprint density at radius 1 is 1.27 bits per heavy atom. The van der Waals surface area contributed by atoms with Crippen LogP contribution in [-0.4, -0.2) is 27.9 Å². The summed E-state index contributed by atoms with van der Waals surface area (Å²) >= 11 is 2.97. The molecular weight excluding hydrogens is 364 g/mol. The topological polar surface area (TPSA) is 66.9 Å². The molecule has 138 valence electrons. The smallest absolute Gasteiger partial charge is 0.230 e. The van der Waals surface area contributed by atoms with Crippen molar-refractivity contribution < 1.29 is 4.79 Å². The van der Waals surface area contributed by atoms with Crippen molar-refractivity contribution in [3.63, 3.8) is 0 Å². The Hall–Kier alpha value is -1.60. The number of benzene rings is 1. The lowest BCUT2D eigenvalue weighted by atomic mass is 9.89. The fraction of sp³-hybridized carbons (Fsp3) is 0.526. The molecule has 26 heavy (non-hydrogen) atoms. The molecule has 0 aliphatic heterocycles. The maximum absolute atomic E-state index is 12.3. The number of nitrogens with zero attached hydrogens (tertiary/aromatic N) is 2. The van der Waals surface area contributed by atoms with Crippen molar-refractivity contribution in [2.45, 2.75) is 61.9 Å². The maximum Gasteiger partial charge on any atom is 0.230 e. The van der Waals surface area contributed by atoms with Gasteiger partial charge in [-0.1, -0.05) is 41.3 Å².